The number of aromatic nitrogens is 1. The van der Waals surface area contributed by atoms with Crippen LogP contribution in [0.3, 0.4) is 0 Å². The number of nitrogens with one attached hydrogen (secondary N) is 1. The number of rotatable bonds is 3. The molecule has 1 heterocycles. The molecule has 0 bridgehead atoms. The summed E-state index contributed by atoms with van der Waals surface area (Å²) in [6, 6.07) is 1.43. The third-order valence-electron chi connectivity index (χ3n) is 1.44. The van der Waals surface area contributed by atoms with Gasteiger partial charge in [0.25, 0.3) is 5.91 Å². The number of hydrogen-bond acceptors (Lipinski definition) is 4. The molecule has 0 aliphatic rings. The number of carbonyl (C=O) groups is 1. The predicted molar refractivity (Wildman–Crippen MR) is 52.8 cm³/mol. The summed E-state index contributed by atoms with van der Waals surface area (Å²) in [5.74, 6) is -0.208. The van der Waals surface area contributed by atoms with Crippen LogP contribution < -0.4 is 11.2 Å². The number of carbonyl (C=O) groups excluding carboxylic acids is 1. The predicted octanol–water partition coefficient (Wildman–Crippen LogP) is 0.998. The summed E-state index contributed by atoms with van der Waals surface area (Å²) in [6.45, 7) is 2.15. The van der Waals surface area contributed by atoms with E-state index in [1.54, 1.807) is 6.92 Å². The minimum atomic E-state index is -0.402. The van der Waals surface area contributed by atoms with Gasteiger partial charge in [-0.05, 0) is 13.0 Å². The standard InChI is InChI=1S/C8H10ClN3O2/c1-2-14-12-8(13)5-3-6(9)7(10)11-4-5/h3-4H,2H2,1H3,(H2,10,11)(H,12,13). The van der Waals surface area contributed by atoms with E-state index in [0.29, 0.717) is 12.2 Å². The van der Waals surface area contributed by atoms with E-state index < -0.39 is 5.91 Å². The molecule has 0 saturated carbocycles. The van der Waals surface area contributed by atoms with Crippen LogP contribution in [-0.4, -0.2) is 17.5 Å². The largest absolute Gasteiger partial charge is 0.382 e. The van der Waals surface area contributed by atoms with Crippen LogP contribution >= 0.6 is 11.6 Å². The van der Waals surface area contributed by atoms with Crippen molar-refractivity contribution in [3.63, 3.8) is 0 Å². The molecule has 0 radical (unpaired) electrons. The number of hydrogen-bond donors (Lipinski definition) is 2. The number of nitrogens with two attached hydrogens (primary N) is 1. The number of nitrogens with zero attached hydrogens (tertiary/aromatic N) is 1. The molecular weight excluding hydrogens is 206 g/mol. The van der Waals surface area contributed by atoms with Gasteiger partial charge in [-0.2, -0.15) is 0 Å². The second kappa shape index (κ2) is 4.78. The van der Waals surface area contributed by atoms with E-state index in [1.165, 1.54) is 12.3 Å². The lowest BCUT2D eigenvalue weighted by atomic mass is 10.3. The molecule has 1 aromatic rings. The first-order chi connectivity index (χ1) is 6.65. The van der Waals surface area contributed by atoms with Crippen molar-refractivity contribution in [3.8, 4) is 0 Å². The van der Waals surface area contributed by atoms with Gasteiger partial charge in [0.05, 0.1) is 17.2 Å². The van der Waals surface area contributed by atoms with E-state index in [9.17, 15) is 4.79 Å². The first-order valence-electron chi connectivity index (χ1n) is 3.98. The molecule has 0 aromatic carbocycles. The Hall–Kier alpha value is -1.33. The molecule has 1 amide bonds. The van der Waals surface area contributed by atoms with E-state index in [-0.39, 0.29) is 10.8 Å². The molecule has 0 saturated heterocycles. The molecule has 0 atom stereocenters. The molecule has 0 spiro atoms. The van der Waals surface area contributed by atoms with Crippen molar-refractivity contribution in [2.75, 3.05) is 12.3 Å². The SMILES string of the molecule is CCONC(=O)c1cnc(N)c(Cl)c1. The zero-order valence-electron chi connectivity index (χ0n) is 7.58. The van der Waals surface area contributed by atoms with E-state index in [0.717, 1.165) is 0 Å². The quantitative estimate of drug-likeness (QED) is 0.738. The summed E-state index contributed by atoms with van der Waals surface area (Å²) < 4.78 is 0. The average molecular weight is 216 g/mol. The van der Waals surface area contributed by atoms with Crippen molar-refractivity contribution in [2.45, 2.75) is 6.92 Å². The Morgan fingerprint density at radius 3 is 3.07 bits per heavy atom. The van der Waals surface area contributed by atoms with E-state index in [2.05, 4.69) is 10.5 Å². The summed E-state index contributed by atoms with van der Waals surface area (Å²) in [5, 5.41) is 0.245. The number of amides is 1. The maximum absolute atomic E-state index is 11.3. The number of anilines is 1. The zero-order chi connectivity index (χ0) is 10.6. The number of hydroxylamine groups is 1. The van der Waals surface area contributed by atoms with E-state index in [1.807, 2.05) is 0 Å². The Labute approximate surface area is 86.2 Å². The second-order valence-corrected chi connectivity index (χ2v) is 2.86. The summed E-state index contributed by atoms with van der Waals surface area (Å²) >= 11 is 5.68. The zero-order valence-corrected chi connectivity index (χ0v) is 8.34. The lowest BCUT2D eigenvalue weighted by Crippen LogP contribution is -2.23. The molecule has 3 N–H and O–H groups in total. The van der Waals surface area contributed by atoms with E-state index >= 15 is 0 Å². The van der Waals surface area contributed by atoms with Crippen molar-refractivity contribution in [2.24, 2.45) is 0 Å². The fourth-order valence-corrected chi connectivity index (χ4v) is 0.936. The van der Waals surface area contributed by atoms with Gasteiger partial charge in [0.15, 0.2) is 0 Å². The van der Waals surface area contributed by atoms with Gasteiger partial charge in [0, 0.05) is 6.20 Å². The molecule has 5 nitrogen and oxygen atoms in total. The lowest BCUT2D eigenvalue weighted by Gasteiger charge is -2.04. The van der Waals surface area contributed by atoms with Gasteiger partial charge >= 0.3 is 0 Å². The highest BCUT2D eigenvalue weighted by molar-refractivity contribution is 6.33. The summed E-state index contributed by atoms with van der Waals surface area (Å²) in [6.07, 6.45) is 1.33. The fourth-order valence-electron chi connectivity index (χ4n) is 0.769. The first-order valence-corrected chi connectivity index (χ1v) is 4.36. The highest BCUT2D eigenvalue weighted by atomic mass is 35.5. The van der Waals surface area contributed by atoms with Gasteiger partial charge < -0.3 is 5.73 Å². The Morgan fingerprint density at radius 2 is 2.50 bits per heavy atom. The van der Waals surface area contributed by atoms with Crippen LogP contribution in [0.1, 0.15) is 17.3 Å². The number of nitrogen functional groups attached to an aromatic ring is 1. The Bertz CT molecular complexity index is 343. The van der Waals surface area contributed by atoms with Crippen molar-refractivity contribution < 1.29 is 9.63 Å². The Morgan fingerprint density at radius 1 is 1.79 bits per heavy atom. The molecule has 0 aliphatic heterocycles. The normalized spacial score (nSPS) is 9.86. The smallest absolute Gasteiger partial charge is 0.276 e. The lowest BCUT2D eigenvalue weighted by molar-refractivity contribution is 0.0364. The van der Waals surface area contributed by atoms with Gasteiger partial charge in [-0.1, -0.05) is 11.6 Å². The second-order valence-electron chi connectivity index (χ2n) is 2.46. The molecular formula is C8H10ClN3O2. The molecule has 6 heteroatoms. The van der Waals surface area contributed by atoms with Crippen LogP contribution in [0, 0.1) is 0 Å². The van der Waals surface area contributed by atoms with E-state index in [4.69, 9.17) is 22.2 Å². The molecule has 1 rings (SSSR count). The van der Waals surface area contributed by atoms with Crippen LogP contribution in [0.5, 0.6) is 0 Å². The number of pyridine rings is 1. The Balaban J connectivity index is 2.76. The maximum atomic E-state index is 11.3. The van der Waals surface area contributed by atoms with Gasteiger partial charge in [0.1, 0.15) is 5.82 Å². The molecule has 14 heavy (non-hydrogen) atoms. The topological polar surface area (TPSA) is 77.2 Å². The highest BCUT2D eigenvalue weighted by Gasteiger charge is 2.07. The summed E-state index contributed by atoms with van der Waals surface area (Å²) in [7, 11) is 0. The third-order valence-corrected chi connectivity index (χ3v) is 1.74. The van der Waals surface area contributed by atoms with Crippen molar-refractivity contribution in [1.29, 1.82) is 0 Å². The monoisotopic (exact) mass is 215 g/mol. The summed E-state index contributed by atoms with van der Waals surface area (Å²) in [4.78, 5) is 19.7. The van der Waals surface area contributed by atoms with Crippen LogP contribution in [0.4, 0.5) is 5.82 Å². The molecule has 0 fully saturated rings. The van der Waals surface area contributed by atoms with Crippen molar-refractivity contribution >= 4 is 23.3 Å². The minimum Gasteiger partial charge on any atom is -0.382 e. The van der Waals surface area contributed by atoms with Gasteiger partial charge in [-0.3, -0.25) is 9.63 Å². The van der Waals surface area contributed by atoms with Crippen LogP contribution in [-0.2, 0) is 4.84 Å². The van der Waals surface area contributed by atoms with Crippen LogP contribution in [0.2, 0.25) is 5.02 Å². The highest BCUT2D eigenvalue weighted by Crippen LogP contribution is 2.16. The molecule has 1 aromatic heterocycles. The first kappa shape index (κ1) is 10.7. The minimum absolute atomic E-state index is 0.194. The fraction of sp³-hybridized carbons (Fsp3) is 0.250. The number of halogens is 1. The average Bonchev–Trinajstić information content (AvgIpc) is 2.18. The molecule has 0 unspecified atom stereocenters. The van der Waals surface area contributed by atoms with Gasteiger partial charge in [0.2, 0.25) is 0 Å². The van der Waals surface area contributed by atoms with Crippen molar-refractivity contribution in [1.82, 2.24) is 10.5 Å². The molecule has 76 valence electrons. The van der Waals surface area contributed by atoms with Crippen LogP contribution in [0.25, 0.3) is 0 Å². The third kappa shape index (κ3) is 2.58. The Kier molecular flexibility index (Phi) is 3.67. The van der Waals surface area contributed by atoms with Gasteiger partial charge in [-0.15, -0.1) is 0 Å². The summed E-state index contributed by atoms with van der Waals surface area (Å²) in [5.41, 5.74) is 7.90. The van der Waals surface area contributed by atoms with Crippen LogP contribution in [0.15, 0.2) is 12.3 Å². The molecule has 0 aliphatic carbocycles. The van der Waals surface area contributed by atoms with Crippen molar-refractivity contribution in [3.05, 3.63) is 22.8 Å². The van der Waals surface area contributed by atoms with Gasteiger partial charge in [-0.25, -0.2) is 10.5 Å². The maximum Gasteiger partial charge on any atom is 0.276 e.